The summed E-state index contributed by atoms with van der Waals surface area (Å²) in [5.41, 5.74) is 11.0. The Kier molecular flexibility index (Phi) is 4.76. The number of aromatic nitrogens is 1. The average molecular weight is 354 g/mol. The first-order valence-electron chi connectivity index (χ1n) is 9.87. The lowest BCUT2D eigenvalue weighted by molar-refractivity contribution is -0.141. The third kappa shape index (κ3) is 3.03. The number of benzene rings is 1. The number of amides is 1. The lowest BCUT2D eigenvalue weighted by Gasteiger charge is -2.47. The highest BCUT2D eigenvalue weighted by Crippen LogP contribution is 2.32. The van der Waals surface area contributed by atoms with Gasteiger partial charge in [-0.05, 0) is 43.7 Å². The Morgan fingerprint density at radius 3 is 2.88 bits per heavy atom. The van der Waals surface area contributed by atoms with E-state index in [2.05, 4.69) is 46.8 Å². The minimum atomic E-state index is 0.298. The average Bonchev–Trinajstić information content (AvgIpc) is 2.95. The molecule has 0 saturated carbocycles. The molecule has 140 valence electrons. The molecule has 1 aromatic carbocycles. The number of H-pyrrole nitrogens is 1. The zero-order valence-corrected chi connectivity index (χ0v) is 15.9. The van der Waals surface area contributed by atoms with Gasteiger partial charge in [0.1, 0.15) is 0 Å². The van der Waals surface area contributed by atoms with Crippen LogP contribution in [0, 0.1) is 19.8 Å². The predicted octanol–water partition coefficient (Wildman–Crippen LogP) is 2.56. The highest BCUT2D eigenvalue weighted by Gasteiger charge is 2.38. The van der Waals surface area contributed by atoms with Crippen molar-refractivity contribution < 1.29 is 4.79 Å². The van der Waals surface area contributed by atoms with Gasteiger partial charge in [-0.3, -0.25) is 9.69 Å². The quantitative estimate of drug-likeness (QED) is 0.887. The van der Waals surface area contributed by atoms with Crippen LogP contribution >= 0.6 is 0 Å². The van der Waals surface area contributed by atoms with E-state index in [0.29, 0.717) is 37.4 Å². The predicted molar refractivity (Wildman–Crippen MR) is 105 cm³/mol. The number of piperidine rings is 2. The maximum atomic E-state index is 12.2. The molecule has 2 aromatic rings. The van der Waals surface area contributed by atoms with Crippen LogP contribution in [0.15, 0.2) is 18.2 Å². The van der Waals surface area contributed by atoms with E-state index in [1.807, 2.05) is 0 Å². The Labute approximate surface area is 155 Å². The van der Waals surface area contributed by atoms with Crippen molar-refractivity contribution in [3.63, 3.8) is 0 Å². The second-order valence-corrected chi connectivity index (χ2v) is 7.99. The number of aryl methyl sites for hydroxylation is 2. The molecule has 1 amide bonds. The van der Waals surface area contributed by atoms with E-state index in [9.17, 15) is 4.79 Å². The van der Waals surface area contributed by atoms with Crippen molar-refractivity contribution in [2.75, 3.05) is 26.2 Å². The second kappa shape index (κ2) is 7.05. The number of nitrogens with zero attached hydrogens (tertiary/aromatic N) is 2. The number of rotatable bonds is 4. The summed E-state index contributed by atoms with van der Waals surface area (Å²) in [7, 11) is 0. The van der Waals surface area contributed by atoms with Gasteiger partial charge in [0, 0.05) is 61.8 Å². The van der Waals surface area contributed by atoms with Crippen LogP contribution in [-0.4, -0.2) is 52.9 Å². The minimum absolute atomic E-state index is 0.298. The van der Waals surface area contributed by atoms with Crippen LogP contribution in [0.4, 0.5) is 0 Å². The van der Waals surface area contributed by atoms with Gasteiger partial charge in [0.15, 0.2) is 0 Å². The van der Waals surface area contributed by atoms with E-state index < -0.39 is 0 Å². The van der Waals surface area contributed by atoms with Crippen molar-refractivity contribution in [2.24, 2.45) is 11.7 Å². The number of carbonyl (C=O) groups excluding carboxylic acids is 1. The van der Waals surface area contributed by atoms with Crippen molar-refractivity contribution in [1.29, 1.82) is 0 Å². The van der Waals surface area contributed by atoms with Gasteiger partial charge >= 0.3 is 0 Å². The molecular formula is C21H30N4O. The molecule has 26 heavy (non-hydrogen) atoms. The van der Waals surface area contributed by atoms with Crippen LogP contribution < -0.4 is 5.73 Å². The van der Waals surface area contributed by atoms with Crippen LogP contribution in [0.3, 0.4) is 0 Å². The van der Waals surface area contributed by atoms with Crippen molar-refractivity contribution in [3.8, 4) is 0 Å². The zero-order valence-electron chi connectivity index (χ0n) is 15.9. The molecule has 2 aliphatic heterocycles. The number of fused-ring (bicyclic) bond motifs is 2. The Hall–Kier alpha value is -1.85. The van der Waals surface area contributed by atoms with E-state index in [0.717, 1.165) is 32.5 Å². The third-order valence-corrected chi connectivity index (χ3v) is 6.38. The molecule has 3 heterocycles. The maximum absolute atomic E-state index is 12.2. The summed E-state index contributed by atoms with van der Waals surface area (Å²) in [4.78, 5) is 20.5. The highest BCUT2D eigenvalue weighted by atomic mass is 16.2. The fourth-order valence-electron chi connectivity index (χ4n) is 4.93. The molecule has 2 atom stereocenters. The zero-order chi connectivity index (χ0) is 18.3. The van der Waals surface area contributed by atoms with E-state index in [1.54, 1.807) is 0 Å². The number of para-hydroxylation sites is 1. The van der Waals surface area contributed by atoms with Crippen LogP contribution in [0.5, 0.6) is 0 Å². The SMILES string of the molecule is Cc1c(CN2CC[C@@H]3[C@@H](CCC(=O)N3CCN)C2)[nH]c2c(C)cccc12. The number of nitrogens with one attached hydrogen (secondary N) is 1. The summed E-state index contributed by atoms with van der Waals surface area (Å²) >= 11 is 0. The van der Waals surface area contributed by atoms with Crippen molar-refractivity contribution in [3.05, 3.63) is 35.0 Å². The first-order valence-corrected chi connectivity index (χ1v) is 9.87. The topological polar surface area (TPSA) is 65.4 Å². The summed E-state index contributed by atoms with van der Waals surface area (Å²) in [6, 6.07) is 6.90. The van der Waals surface area contributed by atoms with Crippen molar-refractivity contribution >= 4 is 16.8 Å². The molecular weight excluding hydrogens is 324 g/mol. The molecule has 2 saturated heterocycles. The van der Waals surface area contributed by atoms with Crippen molar-refractivity contribution in [1.82, 2.24) is 14.8 Å². The first-order chi connectivity index (χ1) is 12.6. The lowest BCUT2D eigenvalue weighted by Crippen LogP contribution is -2.56. The highest BCUT2D eigenvalue weighted by molar-refractivity contribution is 5.87. The minimum Gasteiger partial charge on any atom is -0.357 e. The van der Waals surface area contributed by atoms with Gasteiger partial charge in [-0.25, -0.2) is 0 Å². The summed E-state index contributed by atoms with van der Waals surface area (Å²) in [6.07, 6.45) is 2.76. The smallest absolute Gasteiger partial charge is 0.222 e. The largest absolute Gasteiger partial charge is 0.357 e. The van der Waals surface area contributed by atoms with Crippen LogP contribution in [-0.2, 0) is 11.3 Å². The second-order valence-electron chi connectivity index (χ2n) is 7.99. The Balaban J connectivity index is 1.49. The first kappa shape index (κ1) is 17.6. The monoisotopic (exact) mass is 354 g/mol. The fraction of sp³-hybridized carbons (Fsp3) is 0.571. The van der Waals surface area contributed by atoms with Gasteiger partial charge in [0.2, 0.25) is 5.91 Å². The van der Waals surface area contributed by atoms with E-state index in [4.69, 9.17) is 5.73 Å². The molecule has 3 N–H and O–H groups in total. The normalized spacial score (nSPS) is 24.3. The van der Waals surface area contributed by atoms with Crippen LogP contribution in [0.2, 0.25) is 0 Å². The van der Waals surface area contributed by atoms with E-state index in [1.165, 1.54) is 27.7 Å². The Bertz CT molecular complexity index is 812. The Morgan fingerprint density at radius 2 is 2.12 bits per heavy atom. The summed E-state index contributed by atoms with van der Waals surface area (Å²) in [5, 5.41) is 1.34. The van der Waals surface area contributed by atoms with Gasteiger partial charge in [-0.1, -0.05) is 18.2 Å². The summed E-state index contributed by atoms with van der Waals surface area (Å²) < 4.78 is 0. The fourth-order valence-corrected chi connectivity index (χ4v) is 4.93. The molecule has 1 aromatic heterocycles. The van der Waals surface area contributed by atoms with E-state index in [-0.39, 0.29) is 0 Å². The van der Waals surface area contributed by atoms with Gasteiger partial charge in [-0.15, -0.1) is 0 Å². The molecule has 5 heteroatoms. The molecule has 0 unspecified atom stereocenters. The van der Waals surface area contributed by atoms with Crippen LogP contribution in [0.1, 0.15) is 36.1 Å². The number of aromatic amines is 1. The Morgan fingerprint density at radius 1 is 1.27 bits per heavy atom. The molecule has 4 rings (SSSR count). The molecule has 0 bridgehead atoms. The van der Waals surface area contributed by atoms with Gasteiger partial charge in [0.05, 0.1) is 0 Å². The molecule has 2 aliphatic rings. The molecule has 5 nitrogen and oxygen atoms in total. The molecule has 0 aliphatic carbocycles. The number of carbonyl (C=O) groups is 1. The number of hydrogen-bond donors (Lipinski definition) is 2. The third-order valence-electron chi connectivity index (χ3n) is 6.38. The number of hydrogen-bond acceptors (Lipinski definition) is 3. The van der Waals surface area contributed by atoms with Crippen molar-refractivity contribution in [2.45, 2.75) is 45.7 Å². The molecule has 2 fully saturated rings. The molecule has 0 spiro atoms. The standard InChI is InChI=1S/C21H30N4O/c1-14-4-3-5-17-15(2)18(23-21(14)17)13-24-10-8-19-16(12-24)6-7-20(26)25(19)11-9-22/h3-5,16,19,23H,6-13,22H2,1-2H3/t16-,19+/m0/s1. The number of nitrogens with two attached hydrogens (primary N) is 1. The van der Waals surface area contributed by atoms with Gasteiger partial charge in [0.25, 0.3) is 0 Å². The van der Waals surface area contributed by atoms with Gasteiger partial charge in [-0.2, -0.15) is 0 Å². The summed E-state index contributed by atoms with van der Waals surface area (Å²) in [5.74, 6) is 0.881. The lowest BCUT2D eigenvalue weighted by atomic mass is 9.83. The number of likely N-dealkylation sites (tertiary alicyclic amines) is 2. The van der Waals surface area contributed by atoms with Gasteiger partial charge < -0.3 is 15.6 Å². The molecule has 0 radical (unpaired) electrons. The van der Waals surface area contributed by atoms with Crippen LogP contribution in [0.25, 0.3) is 10.9 Å². The van der Waals surface area contributed by atoms with E-state index >= 15 is 0 Å². The maximum Gasteiger partial charge on any atom is 0.222 e. The summed E-state index contributed by atoms with van der Waals surface area (Å²) in [6.45, 7) is 8.75.